The third-order valence-corrected chi connectivity index (χ3v) is 3.89. The van der Waals surface area contributed by atoms with Gasteiger partial charge in [-0.1, -0.05) is 18.2 Å². The summed E-state index contributed by atoms with van der Waals surface area (Å²) in [5.74, 6) is 0.755. The highest BCUT2D eigenvalue weighted by Crippen LogP contribution is 2.17. The van der Waals surface area contributed by atoms with E-state index in [1.54, 1.807) is 7.11 Å². The zero-order valence-corrected chi connectivity index (χ0v) is 12.9. The van der Waals surface area contributed by atoms with Crippen molar-refractivity contribution in [3.05, 3.63) is 29.8 Å². The Balaban J connectivity index is 1.95. The van der Waals surface area contributed by atoms with Gasteiger partial charge >= 0.3 is 12.2 Å². The topological polar surface area (TPSA) is 102 Å². The van der Waals surface area contributed by atoms with Crippen LogP contribution in [0, 0.1) is 0 Å². The summed E-state index contributed by atoms with van der Waals surface area (Å²) in [6.45, 7) is 1.43. The number of nitrogens with one attached hydrogen (secondary N) is 1. The fraction of sp³-hybridized carbons (Fsp3) is 0.467. The molecule has 1 heterocycles. The van der Waals surface area contributed by atoms with Crippen molar-refractivity contribution in [1.82, 2.24) is 15.1 Å². The number of carbonyl (C=O) groups is 2. The lowest BCUT2D eigenvalue weighted by Crippen LogP contribution is -2.58. The van der Waals surface area contributed by atoms with Crippen molar-refractivity contribution in [3.63, 3.8) is 0 Å². The highest BCUT2D eigenvalue weighted by atomic mass is 16.5. The molecule has 0 spiro atoms. The first-order valence-corrected chi connectivity index (χ1v) is 7.33. The molecular formula is C15H21N3O5. The normalized spacial score (nSPS) is 17.9. The maximum absolute atomic E-state index is 11.3. The van der Waals surface area contributed by atoms with E-state index >= 15 is 0 Å². The standard InChI is InChI=1S/C15H21N3O5/c1-23-13-5-3-2-4-11(13)8-16-9-12-10-17(14(19)20)6-7-18(12)15(21)22/h2-5,12,16H,6-10H2,1H3,(H,19,20)(H,21,22)/t12-/m1/s1. The van der Waals surface area contributed by atoms with Gasteiger partial charge < -0.3 is 30.1 Å². The molecule has 8 heteroatoms. The van der Waals surface area contributed by atoms with E-state index in [2.05, 4.69) is 5.32 Å². The minimum absolute atomic E-state index is 0.167. The summed E-state index contributed by atoms with van der Waals surface area (Å²) in [5.41, 5.74) is 0.961. The molecule has 8 nitrogen and oxygen atoms in total. The summed E-state index contributed by atoms with van der Waals surface area (Å²) in [5, 5.41) is 21.5. The lowest BCUT2D eigenvalue weighted by Gasteiger charge is -2.38. The zero-order valence-electron chi connectivity index (χ0n) is 12.9. The monoisotopic (exact) mass is 323 g/mol. The lowest BCUT2D eigenvalue weighted by atomic mass is 10.1. The summed E-state index contributed by atoms with van der Waals surface area (Å²) in [4.78, 5) is 24.9. The predicted octanol–water partition coefficient (Wildman–Crippen LogP) is 1.13. The molecule has 0 bridgehead atoms. The molecule has 0 saturated carbocycles. The van der Waals surface area contributed by atoms with Crippen LogP contribution in [0.25, 0.3) is 0 Å². The van der Waals surface area contributed by atoms with Crippen LogP contribution in [0.15, 0.2) is 24.3 Å². The maximum Gasteiger partial charge on any atom is 0.407 e. The van der Waals surface area contributed by atoms with Crippen molar-refractivity contribution in [2.24, 2.45) is 0 Å². The molecule has 1 aromatic carbocycles. The van der Waals surface area contributed by atoms with Crippen LogP contribution in [-0.2, 0) is 6.54 Å². The van der Waals surface area contributed by atoms with Crippen LogP contribution in [0.5, 0.6) is 5.75 Å². The lowest BCUT2D eigenvalue weighted by molar-refractivity contribution is 0.0635. The molecule has 3 N–H and O–H groups in total. The number of benzene rings is 1. The third kappa shape index (κ3) is 4.26. The van der Waals surface area contributed by atoms with Crippen molar-refractivity contribution in [3.8, 4) is 5.75 Å². The van der Waals surface area contributed by atoms with Crippen LogP contribution in [-0.4, -0.2) is 71.5 Å². The van der Waals surface area contributed by atoms with E-state index in [1.165, 1.54) is 9.80 Å². The van der Waals surface area contributed by atoms with Gasteiger partial charge in [-0.05, 0) is 6.07 Å². The molecule has 0 radical (unpaired) electrons. The van der Waals surface area contributed by atoms with E-state index in [0.717, 1.165) is 11.3 Å². The minimum atomic E-state index is -1.03. The summed E-state index contributed by atoms with van der Waals surface area (Å²) in [7, 11) is 1.59. The predicted molar refractivity (Wildman–Crippen MR) is 82.8 cm³/mol. The van der Waals surface area contributed by atoms with E-state index in [0.29, 0.717) is 13.1 Å². The Bertz CT molecular complexity index is 566. The van der Waals surface area contributed by atoms with Gasteiger partial charge in [-0.2, -0.15) is 0 Å². The van der Waals surface area contributed by atoms with Crippen LogP contribution in [0.3, 0.4) is 0 Å². The Hall–Kier alpha value is -2.48. The number of amides is 2. The van der Waals surface area contributed by atoms with Gasteiger partial charge in [0.05, 0.1) is 13.2 Å². The number of nitrogens with zero attached hydrogens (tertiary/aromatic N) is 2. The molecule has 1 aromatic rings. The van der Waals surface area contributed by atoms with Crippen LogP contribution in [0.2, 0.25) is 0 Å². The Morgan fingerprint density at radius 2 is 2.00 bits per heavy atom. The van der Waals surface area contributed by atoms with Gasteiger partial charge in [0.2, 0.25) is 0 Å². The zero-order chi connectivity index (χ0) is 16.8. The Kier molecular flexibility index (Phi) is 5.64. The number of para-hydroxylation sites is 1. The van der Waals surface area contributed by atoms with Gasteiger partial charge in [0.15, 0.2) is 0 Å². The second-order valence-electron chi connectivity index (χ2n) is 5.30. The molecule has 1 aliphatic rings. The molecule has 2 amide bonds. The molecule has 126 valence electrons. The van der Waals surface area contributed by atoms with E-state index in [4.69, 9.17) is 9.84 Å². The molecule has 2 rings (SSSR count). The van der Waals surface area contributed by atoms with Crippen LogP contribution in [0.1, 0.15) is 5.56 Å². The van der Waals surface area contributed by atoms with Gasteiger partial charge in [-0.15, -0.1) is 0 Å². The van der Waals surface area contributed by atoms with E-state index < -0.39 is 18.2 Å². The first-order chi connectivity index (χ1) is 11.0. The van der Waals surface area contributed by atoms with Gasteiger partial charge in [0, 0.05) is 38.3 Å². The highest BCUT2D eigenvalue weighted by molar-refractivity contribution is 5.68. The van der Waals surface area contributed by atoms with E-state index in [9.17, 15) is 14.7 Å². The average molecular weight is 323 g/mol. The SMILES string of the molecule is COc1ccccc1CNC[C@@H]1CN(C(=O)O)CCN1C(=O)O. The average Bonchev–Trinajstić information content (AvgIpc) is 2.55. The number of hydrogen-bond donors (Lipinski definition) is 3. The van der Waals surface area contributed by atoms with Gasteiger partial charge in [-0.3, -0.25) is 0 Å². The largest absolute Gasteiger partial charge is 0.496 e. The number of rotatable bonds is 5. The fourth-order valence-electron chi connectivity index (χ4n) is 2.68. The summed E-state index contributed by atoms with van der Waals surface area (Å²) in [6.07, 6.45) is -2.05. The molecule has 1 atom stereocenters. The first-order valence-electron chi connectivity index (χ1n) is 7.33. The fourth-order valence-corrected chi connectivity index (χ4v) is 2.68. The van der Waals surface area contributed by atoms with Crippen molar-refractivity contribution < 1.29 is 24.5 Å². The van der Waals surface area contributed by atoms with Crippen molar-refractivity contribution in [2.45, 2.75) is 12.6 Å². The number of hydrogen-bond acceptors (Lipinski definition) is 4. The summed E-state index contributed by atoms with van der Waals surface area (Å²) >= 11 is 0. The quantitative estimate of drug-likeness (QED) is 0.750. The minimum Gasteiger partial charge on any atom is -0.496 e. The molecular weight excluding hydrogens is 302 g/mol. The molecule has 1 fully saturated rings. The number of piperazine rings is 1. The van der Waals surface area contributed by atoms with Gasteiger partial charge in [0.1, 0.15) is 5.75 Å². The molecule has 1 aliphatic heterocycles. The maximum atomic E-state index is 11.3. The number of carboxylic acid groups (broad SMARTS) is 2. The van der Waals surface area contributed by atoms with Crippen LogP contribution >= 0.6 is 0 Å². The molecule has 0 unspecified atom stereocenters. The van der Waals surface area contributed by atoms with Crippen molar-refractivity contribution in [2.75, 3.05) is 33.3 Å². The number of ether oxygens (including phenoxy) is 1. The third-order valence-electron chi connectivity index (χ3n) is 3.89. The smallest absolute Gasteiger partial charge is 0.407 e. The second-order valence-corrected chi connectivity index (χ2v) is 5.30. The molecule has 1 saturated heterocycles. The number of methoxy groups -OCH3 is 1. The van der Waals surface area contributed by atoms with Crippen LogP contribution < -0.4 is 10.1 Å². The molecule has 0 aromatic heterocycles. The van der Waals surface area contributed by atoms with Crippen LogP contribution in [0.4, 0.5) is 9.59 Å². The Labute approximate surface area is 134 Å². The van der Waals surface area contributed by atoms with E-state index in [-0.39, 0.29) is 19.6 Å². The second kappa shape index (κ2) is 7.68. The Morgan fingerprint density at radius 3 is 2.65 bits per heavy atom. The molecule has 0 aliphatic carbocycles. The van der Waals surface area contributed by atoms with Crippen molar-refractivity contribution in [1.29, 1.82) is 0 Å². The molecule has 23 heavy (non-hydrogen) atoms. The summed E-state index contributed by atoms with van der Waals surface area (Å²) < 4.78 is 5.27. The van der Waals surface area contributed by atoms with Gasteiger partial charge in [-0.25, -0.2) is 9.59 Å². The summed E-state index contributed by atoms with van der Waals surface area (Å²) in [6, 6.07) is 7.14. The van der Waals surface area contributed by atoms with Crippen molar-refractivity contribution >= 4 is 12.2 Å². The Morgan fingerprint density at radius 1 is 1.26 bits per heavy atom. The van der Waals surface area contributed by atoms with Gasteiger partial charge in [0.25, 0.3) is 0 Å². The highest BCUT2D eigenvalue weighted by Gasteiger charge is 2.32. The first kappa shape index (κ1) is 16.9. The van der Waals surface area contributed by atoms with E-state index in [1.807, 2.05) is 24.3 Å².